The Kier molecular flexibility index (Phi) is 5.91. The molecule has 33 heavy (non-hydrogen) atoms. The number of para-hydroxylation sites is 1. The maximum absolute atomic E-state index is 13.2. The van der Waals surface area contributed by atoms with Crippen LogP contribution in [0.15, 0.2) is 64.7 Å². The lowest BCUT2D eigenvalue weighted by atomic mass is 9.94. The van der Waals surface area contributed by atoms with Crippen LogP contribution in [0.1, 0.15) is 36.8 Å². The van der Waals surface area contributed by atoms with Gasteiger partial charge in [-0.25, -0.2) is 0 Å². The van der Waals surface area contributed by atoms with E-state index in [4.69, 9.17) is 14.0 Å². The number of anilines is 1. The number of rotatable bonds is 6. The van der Waals surface area contributed by atoms with E-state index in [0.29, 0.717) is 28.4 Å². The quantitative estimate of drug-likeness (QED) is 0.339. The number of hydrogen-bond donors (Lipinski definition) is 1. The highest BCUT2D eigenvalue weighted by Crippen LogP contribution is 2.44. The fraction of sp³-hybridized carbons (Fsp3) is 0.240. The molecule has 0 saturated carbocycles. The first-order valence-electron chi connectivity index (χ1n) is 10.5. The Hall–Kier alpha value is -4.07. The Labute approximate surface area is 191 Å². The fourth-order valence-electron chi connectivity index (χ4n) is 3.84. The molecule has 0 aliphatic carbocycles. The summed E-state index contributed by atoms with van der Waals surface area (Å²) in [4.78, 5) is 27.5. The van der Waals surface area contributed by atoms with Gasteiger partial charge in [-0.15, -0.1) is 0 Å². The second-order valence-electron chi connectivity index (χ2n) is 7.90. The van der Waals surface area contributed by atoms with Crippen molar-refractivity contribution in [1.29, 1.82) is 0 Å². The molecule has 1 saturated heterocycles. The van der Waals surface area contributed by atoms with Crippen molar-refractivity contribution in [3.05, 3.63) is 77.1 Å². The molecule has 2 heterocycles. The van der Waals surface area contributed by atoms with Gasteiger partial charge in [-0.05, 0) is 51.1 Å². The number of amides is 1. The number of nitrogens with zero attached hydrogens (tertiary/aromatic N) is 2. The topological polar surface area (TPSA) is 102 Å². The number of carbonyl (C=O) groups is 2. The molecule has 0 spiro atoms. The minimum atomic E-state index is -0.961. The second-order valence-corrected chi connectivity index (χ2v) is 7.90. The number of aliphatic hydroxyl groups is 1. The van der Waals surface area contributed by atoms with Gasteiger partial charge < -0.3 is 19.1 Å². The molecule has 0 radical (unpaired) electrons. The summed E-state index contributed by atoms with van der Waals surface area (Å²) in [6.07, 6.45) is -0.00812. The number of methoxy groups -OCH3 is 1. The summed E-state index contributed by atoms with van der Waals surface area (Å²) in [5.41, 5.74) is 0.837. The molecule has 8 nitrogen and oxygen atoms in total. The van der Waals surface area contributed by atoms with E-state index in [9.17, 15) is 14.7 Å². The lowest BCUT2D eigenvalue weighted by Crippen LogP contribution is -2.29. The van der Waals surface area contributed by atoms with E-state index in [1.807, 2.05) is 13.8 Å². The predicted octanol–water partition coefficient (Wildman–Crippen LogP) is 4.41. The van der Waals surface area contributed by atoms with Crippen LogP contribution in [0, 0.1) is 6.92 Å². The molecule has 1 unspecified atom stereocenters. The molecule has 1 N–H and O–H groups in total. The predicted molar refractivity (Wildman–Crippen MR) is 121 cm³/mol. The zero-order valence-corrected chi connectivity index (χ0v) is 18.7. The normalized spacial score (nSPS) is 17.6. The van der Waals surface area contributed by atoms with Gasteiger partial charge in [0, 0.05) is 17.2 Å². The molecular weight excluding hydrogens is 424 g/mol. The Morgan fingerprint density at radius 1 is 1.12 bits per heavy atom. The highest BCUT2D eigenvalue weighted by molar-refractivity contribution is 6.51. The average molecular weight is 448 g/mol. The first-order chi connectivity index (χ1) is 15.8. The number of aromatic nitrogens is 1. The summed E-state index contributed by atoms with van der Waals surface area (Å²) in [5.74, 6) is -0.214. The van der Waals surface area contributed by atoms with Crippen molar-refractivity contribution >= 4 is 23.3 Å². The molecule has 1 aliphatic heterocycles. The zero-order chi connectivity index (χ0) is 23.7. The summed E-state index contributed by atoms with van der Waals surface area (Å²) >= 11 is 0. The first kappa shape index (κ1) is 22.1. The second kappa shape index (κ2) is 8.82. The number of Topliss-reactive ketones (excluding diaryl/α,β-unsaturated/α-hetero) is 1. The van der Waals surface area contributed by atoms with Gasteiger partial charge in [-0.2, -0.15) is 0 Å². The van der Waals surface area contributed by atoms with Crippen LogP contribution in [0.4, 0.5) is 5.82 Å². The van der Waals surface area contributed by atoms with Crippen molar-refractivity contribution in [3.8, 4) is 11.5 Å². The van der Waals surface area contributed by atoms with E-state index in [1.54, 1.807) is 61.5 Å². The van der Waals surface area contributed by atoms with E-state index in [1.165, 1.54) is 12.0 Å². The fourth-order valence-corrected chi connectivity index (χ4v) is 3.84. The van der Waals surface area contributed by atoms with Crippen molar-refractivity contribution in [2.45, 2.75) is 32.9 Å². The lowest BCUT2D eigenvalue weighted by Gasteiger charge is -2.24. The zero-order valence-electron chi connectivity index (χ0n) is 18.7. The molecular formula is C25H24N2O6. The van der Waals surface area contributed by atoms with Crippen molar-refractivity contribution in [1.82, 2.24) is 5.16 Å². The van der Waals surface area contributed by atoms with Crippen LogP contribution in [-0.4, -0.2) is 35.2 Å². The third-order valence-electron chi connectivity index (χ3n) is 5.24. The summed E-state index contributed by atoms with van der Waals surface area (Å²) in [5, 5.41) is 15.1. The van der Waals surface area contributed by atoms with Crippen molar-refractivity contribution in [3.63, 3.8) is 0 Å². The number of benzene rings is 2. The smallest absolute Gasteiger partial charge is 0.301 e. The van der Waals surface area contributed by atoms with E-state index < -0.39 is 17.7 Å². The maximum Gasteiger partial charge on any atom is 0.301 e. The number of aliphatic hydroxyl groups excluding tert-OH is 1. The number of ketones is 1. The van der Waals surface area contributed by atoms with Crippen molar-refractivity contribution in [2.24, 2.45) is 0 Å². The van der Waals surface area contributed by atoms with Crippen LogP contribution in [-0.2, 0) is 9.59 Å². The maximum atomic E-state index is 13.2. The van der Waals surface area contributed by atoms with Gasteiger partial charge in [0.2, 0.25) is 0 Å². The number of ether oxygens (including phenoxy) is 2. The van der Waals surface area contributed by atoms with Crippen LogP contribution in [0.2, 0.25) is 0 Å². The van der Waals surface area contributed by atoms with Gasteiger partial charge in [0.25, 0.3) is 5.78 Å². The Morgan fingerprint density at radius 3 is 2.42 bits per heavy atom. The van der Waals surface area contributed by atoms with Crippen molar-refractivity contribution < 1.29 is 28.7 Å². The van der Waals surface area contributed by atoms with Gasteiger partial charge in [0.05, 0.1) is 18.8 Å². The SMILES string of the molecule is COc1ccccc1C1/C(=C(\O)c2ccc(OC(C)C)cc2)C(=O)C(=O)N1c1cc(C)on1. The van der Waals surface area contributed by atoms with Gasteiger partial charge in [-0.3, -0.25) is 14.5 Å². The minimum Gasteiger partial charge on any atom is -0.507 e. The molecule has 1 fully saturated rings. The monoisotopic (exact) mass is 448 g/mol. The Balaban J connectivity index is 1.89. The Morgan fingerprint density at radius 2 is 1.82 bits per heavy atom. The average Bonchev–Trinajstić information content (AvgIpc) is 3.34. The highest BCUT2D eigenvalue weighted by Gasteiger charge is 2.49. The van der Waals surface area contributed by atoms with Crippen LogP contribution < -0.4 is 14.4 Å². The molecule has 4 rings (SSSR count). The number of carbonyl (C=O) groups excluding carboxylic acids is 2. The molecule has 0 bridgehead atoms. The van der Waals surface area contributed by atoms with E-state index in [0.717, 1.165) is 0 Å². The molecule has 3 aromatic rings. The molecule has 170 valence electrons. The van der Waals surface area contributed by atoms with Gasteiger partial charge in [-0.1, -0.05) is 23.4 Å². The van der Waals surface area contributed by atoms with Gasteiger partial charge in [0.1, 0.15) is 29.1 Å². The standard InChI is InChI=1S/C25H24N2O6/c1-14(2)32-17-11-9-16(10-12-17)23(28)21-22(18-7-5-6-8-19(18)31-4)27(25(30)24(21)29)20-13-15(3)33-26-20/h5-14,22,28H,1-4H3/b23-21+. The summed E-state index contributed by atoms with van der Waals surface area (Å²) < 4.78 is 16.3. The largest absolute Gasteiger partial charge is 0.507 e. The third kappa shape index (κ3) is 4.07. The van der Waals surface area contributed by atoms with Crippen LogP contribution in [0.3, 0.4) is 0 Å². The number of hydrogen-bond acceptors (Lipinski definition) is 7. The molecule has 1 aliphatic rings. The van der Waals surface area contributed by atoms with E-state index in [2.05, 4.69) is 5.16 Å². The van der Waals surface area contributed by atoms with E-state index >= 15 is 0 Å². The molecule has 1 amide bonds. The third-order valence-corrected chi connectivity index (χ3v) is 5.24. The summed E-state index contributed by atoms with van der Waals surface area (Å²) in [6.45, 7) is 5.51. The molecule has 1 aromatic heterocycles. The molecule has 1 atom stereocenters. The molecule has 2 aromatic carbocycles. The summed E-state index contributed by atoms with van der Waals surface area (Å²) in [6, 6.07) is 14.3. The van der Waals surface area contributed by atoms with Crippen LogP contribution >= 0.6 is 0 Å². The van der Waals surface area contributed by atoms with E-state index in [-0.39, 0.29) is 23.3 Å². The van der Waals surface area contributed by atoms with Crippen molar-refractivity contribution in [2.75, 3.05) is 12.0 Å². The minimum absolute atomic E-state index is 0.00812. The first-order valence-corrected chi connectivity index (χ1v) is 10.5. The van der Waals surface area contributed by atoms with Crippen LogP contribution in [0.5, 0.6) is 11.5 Å². The highest BCUT2D eigenvalue weighted by atomic mass is 16.5. The molecule has 8 heteroatoms. The number of aryl methyl sites for hydroxylation is 1. The van der Waals surface area contributed by atoms with Crippen LogP contribution in [0.25, 0.3) is 5.76 Å². The lowest BCUT2D eigenvalue weighted by molar-refractivity contribution is -0.132. The Bertz CT molecular complexity index is 1230. The summed E-state index contributed by atoms with van der Waals surface area (Å²) in [7, 11) is 1.50. The van der Waals surface area contributed by atoms with Gasteiger partial charge in [0.15, 0.2) is 5.82 Å². The van der Waals surface area contributed by atoms with Gasteiger partial charge >= 0.3 is 5.91 Å².